The van der Waals surface area contributed by atoms with Crippen LogP contribution in [0.5, 0.6) is 5.75 Å². The van der Waals surface area contributed by atoms with Gasteiger partial charge >= 0.3 is 0 Å². The topological polar surface area (TPSA) is 65.8 Å². The van der Waals surface area contributed by atoms with Gasteiger partial charge < -0.3 is 19.5 Å². The van der Waals surface area contributed by atoms with Crippen molar-refractivity contribution in [2.75, 3.05) is 27.2 Å². The average molecular weight is 375 g/mol. The Kier molecular flexibility index (Phi) is 3.61. The summed E-state index contributed by atoms with van der Waals surface area (Å²) in [5.41, 5.74) is 2.71. The zero-order valence-electron chi connectivity index (χ0n) is 15.9. The summed E-state index contributed by atoms with van der Waals surface area (Å²) >= 11 is 0. The van der Waals surface area contributed by atoms with E-state index in [2.05, 4.69) is 9.80 Å². The van der Waals surface area contributed by atoms with Crippen molar-refractivity contribution in [1.29, 1.82) is 0 Å². The van der Waals surface area contributed by atoms with E-state index in [-0.39, 0.29) is 23.7 Å². The second-order valence-corrected chi connectivity index (χ2v) is 7.81. The largest absolute Gasteiger partial charge is 0.507 e. The van der Waals surface area contributed by atoms with Crippen LogP contribution in [0.25, 0.3) is 27.2 Å². The molecule has 2 aromatic carbocycles. The van der Waals surface area contributed by atoms with Crippen molar-refractivity contribution in [2.45, 2.75) is 13.1 Å². The number of carbonyl (C=O) groups is 2. The Labute approximate surface area is 162 Å². The fraction of sp³-hybridized carbons (Fsp3) is 0.273. The fourth-order valence-corrected chi connectivity index (χ4v) is 4.35. The van der Waals surface area contributed by atoms with Gasteiger partial charge in [0.25, 0.3) is 0 Å². The number of carbonyl (C=O) groups excluding carboxylic acids is 2. The van der Waals surface area contributed by atoms with Gasteiger partial charge in [0.15, 0.2) is 11.6 Å². The Morgan fingerprint density at radius 3 is 2.61 bits per heavy atom. The van der Waals surface area contributed by atoms with Crippen LogP contribution in [0.4, 0.5) is 0 Å². The molecule has 6 heteroatoms. The Morgan fingerprint density at radius 2 is 1.86 bits per heavy atom. The van der Waals surface area contributed by atoms with Crippen molar-refractivity contribution in [1.82, 2.24) is 14.4 Å². The molecule has 3 aromatic rings. The third-order valence-corrected chi connectivity index (χ3v) is 5.67. The summed E-state index contributed by atoms with van der Waals surface area (Å²) in [6.45, 7) is 2.17. The van der Waals surface area contributed by atoms with Gasteiger partial charge in [0, 0.05) is 36.1 Å². The Balaban J connectivity index is 1.82. The molecule has 5 rings (SSSR count). The normalized spacial score (nSPS) is 16.2. The first kappa shape index (κ1) is 17.0. The average Bonchev–Trinajstić information content (AvgIpc) is 3.00. The van der Waals surface area contributed by atoms with Gasteiger partial charge in [-0.1, -0.05) is 24.3 Å². The van der Waals surface area contributed by atoms with Gasteiger partial charge in [-0.2, -0.15) is 0 Å². The molecule has 0 amide bonds. The zero-order valence-corrected chi connectivity index (χ0v) is 15.9. The summed E-state index contributed by atoms with van der Waals surface area (Å²) in [7, 11) is 4.03. The number of phenols is 1. The van der Waals surface area contributed by atoms with Crippen LogP contribution in [0, 0.1) is 0 Å². The maximum Gasteiger partial charge on any atom is 0.174 e. The third kappa shape index (κ3) is 2.31. The summed E-state index contributed by atoms with van der Waals surface area (Å²) in [5.74, 6) is -0.0907. The van der Waals surface area contributed by atoms with Gasteiger partial charge in [-0.15, -0.1) is 0 Å². The lowest BCUT2D eigenvalue weighted by atomic mass is 9.88. The smallest absolute Gasteiger partial charge is 0.174 e. The van der Waals surface area contributed by atoms with E-state index in [9.17, 15) is 14.7 Å². The van der Waals surface area contributed by atoms with E-state index in [1.165, 1.54) is 0 Å². The number of benzene rings is 2. The minimum Gasteiger partial charge on any atom is -0.507 e. The van der Waals surface area contributed by atoms with E-state index in [1.807, 2.05) is 49.1 Å². The summed E-state index contributed by atoms with van der Waals surface area (Å²) in [4.78, 5) is 29.8. The van der Waals surface area contributed by atoms with Crippen LogP contribution >= 0.6 is 0 Å². The lowest BCUT2D eigenvalue weighted by Gasteiger charge is -2.31. The highest BCUT2D eigenvalue weighted by Crippen LogP contribution is 2.43. The van der Waals surface area contributed by atoms with Gasteiger partial charge in [0.05, 0.1) is 35.4 Å². The number of aromatic nitrogens is 1. The summed E-state index contributed by atoms with van der Waals surface area (Å²) in [6, 6.07) is 9.28. The molecule has 0 radical (unpaired) electrons. The quantitative estimate of drug-likeness (QED) is 0.713. The third-order valence-electron chi connectivity index (χ3n) is 5.67. The van der Waals surface area contributed by atoms with Crippen LogP contribution < -0.4 is 0 Å². The minimum atomic E-state index is -0.140. The fourth-order valence-electron chi connectivity index (χ4n) is 4.35. The van der Waals surface area contributed by atoms with Gasteiger partial charge in [0.1, 0.15) is 5.75 Å². The van der Waals surface area contributed by atoms with Crippen molar-refractivity contribution in [3.05, 3.63) is 47.8 Å². The highest BCUT2D eigenvalue weighted by molar-refractivity contribution is 6.37. The van der Waals surface area contributed by atoms with Crippen molar-refractivity contribution < 1.29 is 14.7 Å². The van der Waals surface area contributed by atoms with Crippen molar-refractivity contribution >= 4 is 38.8 Å². The van der Waals surface area contributed by atoms with E-state index in [0.29, 0.717) is 28.9 Å². The number of Topliss-reactive ketones (excluding diaryl/α,β-unsaturated/α-hetero) is 2. The molecule has 142 valence electrons. The predicted octanol–water partition coefficient (Wildman–Crippen LogP) is 2.83. The maximum absolute atomic E-state index is 12.9. The summed E-state index contributed by atoms with van der Waals surface area (Å²) in [6.07, 6.45) is 1.80. The molecule has 2 aliphatic rings. The second kappa shape index (κ2) is 5.94. The maximum atomic E-state index is 12.9. The number of aromatic hydroxyl groups is 1. The predicted molar refractivity (Wildman–Crippen MR) is 108 cm³/mol. The molecule has 0 saturated heterocycles. The first-order chi connectivity index (χ1) is 13.5. The van der Waals surface area contributed by atoms with Crippen LogP contribution in [0.15, 0.2) is 36.5 Å². The highest BCUT2D eigenvalue weighted by Gasteiger charge is 2.37. The van der Waals surface area contributed by atoms with Crippen LogP contribution in [0.1, 0.15) is 22.5 Å². The first-order valence-electron chi connectivity index (χ1n) is 9.40. The molecule has 1 aromatic heterocycles. The van der Waals surface area contributed by atoms with Gasteiger partial charge in [-0.05, 0) is 19.5 Å². The van der Waals surface area contributed by atoms with Crippen molar-refractivity contribution in [3.63, 3.8) is 0 Å². The van der Waals surface area contributed by atoms with E-state index < -0.39 is 0 Å². The molecular weight excluding hydrogens is 354 g/mol. The van der Waals surface area contributed by atoms with E-state index in [4.69, 9.17) is 0 Å². The Bertz CT molecular complexity index is 1200. The molecule has 2 heterocycles. The molecule has 0 spiro atoms. The molecule has 0 unspecified atom stereocenters. The standard InChI is InChI=1S/C22H21N3O3/c1-23(2)7-8-24-11-15-18(27)10-19(28)21-20-14-6-4-3-5-13(14)17(26)9-16(20)25(12-24)22(15)21/h3-6,9,11,26H,7-8,10,12H2,1-2H3. The van der Waals surface area contributed by atoms with Crippen LogP contribution in [0.3, 0.4) is 0 Å². The minimum absolute atomic E-state index is 0.103. The van der Waals surface area contributed by atoms with Crippen LogP contribution in [0.2, 0.25) is 0 Å². The number of allylic oxidation sites excluding steroid dienone is 1. The Hall–Kier alpha value is -3.12. The van der Waals surface area contributed by atoms with E-state index in [1.54, 1.807) is 6.07 Å². The molecule has 0 bridgehead atoms. The molecule has 28 heavy (non-hydrogen) atoms. The molecule has 0 saturated carbocycles. The molecule has 0 fully saturated rings. The monoisotopic (exact) mass is 375 g/mol. The lowest BCUT2D eigenvalue weighted by molar-refractivity contribution is -0.113. The van der Waals surface area contributed by atoms with E-state index in [0.717, 1.165) is 29.4 Å². The Morgan fingerprint density at radius 1 is 1.11 bits per heavy atom. The van der Waals surface area contributed by atoms with Crippen molar-refractivity contribution in [3.8, 4) is 5.75 Å². The summed E-state index contributed by atoms with van der Waals surface area (Å²) < 4.78 is 2.01. The molecule has 1 aliphatic heterocycles. The first-order valence-corrected chi connectivity index (χ1v) is 9.40. The molecule has 1 aliphatic carbocycles. The molecule has 6 nitrogen and oxygen atoms in total. The molecule has 0 atom stereocenters. The van der Waals surface area contributed by atoms with Crippen LogP contribution in [-0.4, -0.2) is 58.2 Å². The lowest BCUT2D eigenvalue weighted by Crippen LogP contribution is -2.35. The van der Waals surface area contributed by atoms with Gasteiger partial charge in [-0.25, -0.2) is 0 Å². The number of likely N-dealkylation sites (N-methyl/N-ethyl adjacent to an activating group) is 1. The summed E-state index contributed by atoms with van der Waals surface area (Å²) in [5, 5.41) is 13.0. The van der Waals surface area contributed by atoms with E-state index >= 15 is 0 Å². The highest BCUT2D eigenvalue weighted by atomic mass is 16.3. The zero-order chi connectivity index (χ0) is 19.6. The molecular formula is C22H21N3O3. The number of hydrogen-bond donors (Lipinski definition) is 1. The number of phenolic OH excluding ortho intramolecular Hbond substituents is 1. The second-order valence-electron chi connectivity index (χ2n) is 7.81. The number of rotatable bonds is 3. The SMILES string of the molecule is CN(C)CCN1C=C2C(=O)CC(=O)c3c2n(c2cc(O)c4ccccc4c32)C1. The number of fused-ring (bicyclic) bond motifs is 5. The molecule has 1 N–H and O–H groups in total. The van der Waals surface area contributed by atoms with Gasteiger partial charge in [-0.3, -0.25) is 9.59 Å². The van der Waals surface area contributed by atoms with Gasteiger partial charge in [0.2, 0.25) is 0 Å². The van der Waals surface area contributed by atoms with Crippen LogP contribution in [-0.2, 0) is 11.5 Å². The number of hydrogen-bond acceptors (Lipinski definition) is 5. The number of nitrogens with zero attached hydrogens (tertiary/aromatic N) is 3. The van der Waals surface area contributed by atoms with Crippen molar-refractivity contribution in [2.24, 2.45) is 0 Å². The number of ketones is 2.